The minimum absolute atomic E-state index is 0.00136. The molecule has 1 fully saturated rings. The van der Waals surface area contributed by atoms with Crippen LogP contribution in [-0.4, -0.2) is 53.3 Å². The molecule has 9 heteroatoms. The zero-order valence-electron chi connectivity index (χ0n) is 15.2. The van der Waals surface area contributed by atoms with Crippen molar-refractivity contribution in [1.82, 2.24) is 9.97 Å². The van der Waals surface area contributed by atoms with Crippen molar-refractivity contribution in [3.63, 3.8) is 0 Å². The number of hydrogen-bond acceptors (Lipinski definition) is 8. The summed E-state index contributed by atoms with van der Waals surface area (Å²) in [5.74, 6) is -1.11. The van der Waals surface area contributed by atoms with Crippen molar-refractivity contribution in [1.29, 1.82) is 0 Å². The molecule has 0 bridgehead atoms. The van der Waals surface area contributed by atoms with Gasteiger partial charge in [0.1, 0.15) is 24.2 Å². The maximum atomic E-state index is 11.2. The number of nitrogens with zero attached hydrogens (tertiary/aromatic N) is 2. The van der Waals surface area contributed by atoms with Gasteiger partial charge in [-0.05, 0) is 26.0 Å². The molecule has 1 atom stereocenters. The van der Waals surface area contributed by atoms with E-state index in [1.165, 1.54) is 6.20 Å². The third-order valence-corrected chi connectivity index (χ3v) is 3.66. The second kappa shape index (κ2) is 7.77. The highest BCUT2D eigenvalue weighted by Crippen LogP contribution is 2.31. The average Bonchev–Trinajstić information content (AvgIpc) is 2.99. The zero-order chi connectivity index (χ0) is 19.4. The lowest BCUT2D eigenvalue weighted by molar-refractivity contribution is -0.141. The lowest BCUT2D eigenvalue weighted by atomic mass is 10.3. The van der Waals surface area contributed by atoms with Gasteiger partial charge in [-0.1, -0.05) is 6.07 Å². The van der Waals surface area contributed by atoms with Crippen LogP contribution in [-0.2, 0) is 9.47 Å². The van der Waals surface area contributed by atoms with Crippen molar-refractivity contribution in [2.24, 2.45) is 0 Å². The van der Waals surface area contributed by atoms with E-state index in [-0.39, 0.29) is 24.3 Å². The second-order valence-electron chi connectivity index (χ2n) is 6.21. The van der Waals surface area contributed by atoms with E-state index < -0.39 is 17.6 Å². The lowest BCUT2D eigenvalue weighted by Crippen LogP contribution is -2.25. The molecule has 1 aromatic carbocycles. The highest BCUT2D eigenvalue weighted by molar-refractivity contribution is 5.83. The molecule has 1 saturated heterocycles. The molecule has 1 unspecified atom stereocenters. The van der Waals surface area contributed by atoms with Crippen molar-refractivity contribution < 1.29 is 33.6 Å². The molecule has 1 aromatic heterocycles. The molecular weight excluding hydrogens is 356 g/mol. The standard InChI is InChI=1S/C18H20N2O7/c1-18(2)25-10-13(27-18)9-24-16-14(8-19-15(20-16)17(21)22)26-12-6-4-5-11(7-12)23-3/h4-8,13H,9-10H2,1-3H3,(H,21,22). The van der Waals surface area contributed by atoms with Crippen molar-refractivity contribution >= 4 is 5.97 Å². The minimum atomic E-state index is -1.27. The van der Waals surface area contributed by atoms with Gasteiger partial charge in [-0.15, -0.1) is 0 Å². The van der Waals surface area contributed by atoms with Gasteiger partial charge in [-0.25, -0.2) is 9.78 Å². The molecule has 1 aliphatic heterocycles. The molecule has 0 radical (unpaired) electrons. The van der Waals surface area contributed by atoms with Crippen molar-refractivity contribution in [3.8, 4) is 23.1 Å². The molecule has 9 nitrogen and oxygen atoms in total. The SMILES string of the molecule is COc1cccc(Oc2cnc(C(=O)O)nc2OCC2COC(C)(C)O2)c1. The van der Waals surface area contributed by atoms with E-state index in [0.29, 0.717) is 18.1 Å². The Balaban J connectivity index is 1.79. The molecule has 0 saturated carbocycles. The smallest absolute Gasteiger partial charge is 0.374 e. The largest absolute Gasteiger partial charge is 0.497 e. The third kappa shape index (κ3) is 4.83. The number of ether oxygens (including phenoxy) is 5. The van der Waals surface area contributed by atoms with Crippen LogP contribution in [0.5, 0.6) is 23.1 Å². The van der Waals surface area contributed by atoms with E-state index in [4.69, 9.17) is 28.8 Å². The lowest BCUT2D eigenvalue weighted by Gasteiger charge is -2.17. The van der Waals surface area contributed by atoms with E-state index in [1.54, 1.807) is 45.2 Å². The van der Waals surface area contributed by atoms with Gasteiger partial charge >= 0.3 is 5.97 Å². The molecule has 0 amide bonds. The Bertz CT molecular complexity index is 825. The van der Waals surface area contributed by atoms with Crippen molar-refractivity contribution in [2.75, 3.05) is 20.3 Å². The molecular formula is C18H20N2O7. The molecule has 1 aliphatic rings. The monoisotopic (exact) mass is 376 g/mol. The number of aromatic carboxylic acids is 1. The molecule has 0 aliphatic carbocycles. The minimum Gasteiger partial charge on any atom is -0.497 e. The first-order valence-corrected chi connectivity index (χ1v) is 8.23. The van der Waals surface area contributed by atoms with E-state index in [1.807, 2.05) is 0 Å². The van der Waals surface area contributed by atoms with Crippen LogP contribution < -0.4 is 14.2 Å². The van der Waals surface area contributed by atoms with Gasteiger partial charge in [0.2, 0.25) is 11.6 Å². The fourth-order valence-electron chi connectivity index (χ4n) is 2.44. The molecule has 2 heterocycles. The number of aromatic nitrogens is 2. The summed E-state index contributed by atoms with van der Waals surface area (Å²) in [6.45, 7) is 4.08. The Labute approximate surface area is 155 Å². The maximum Gasteiger partial charge on any atom is 0.374 e. The van der Waals surface area contributed by atoms with E-state index in [9.17, 15) is 4.79 Å². The fourth-order valence-corrected chi connectivity index (χ4v) is 2.44. The van der Waals surface area contributed by atoms with Gasteiger partial charge in [-0.2, -0.15) is 4.98 Å². The van der Waals surface area contributed by atoms with Crippen LogP contribution >= 0.6 is 0 Å². The van der Waals surface area contributed by atoms with Crippen molar-refractivity contribution in [2.45, 2.75) is 25.7 Å². The molecule has 0 spiro atoms. The van der Waals surface area contributed by atoms with Gasteiger partial charge < -0.3 is 28.8 Å². The highest BCUT2D eigenvalue weighted by Gasteiger charge is 2.33. The normalized spacial score (nSPS) is 18.1. The number of carbonyl (C=O) groups is 1. The Morgan fingerprint density at radius 1 is 1.37 bits per heavy atom. The number of methoxy groups -OCH3 is 1. The number of benzene rings is 1. The summed E-state index contributed by atoms with van der Waals surface area (Å²) in [7, 11) is 1.55. The average molecular weight is 376 g/mol. The fraction of sp³-hybridized carbons (Fsp3) is 0.389. The van der Waals surface area contributed by atoms with Crippen LogP contribution in [0.25, 0.3) is 0 Å². The third-order valence-electron chi connectivity index (χ3n) is 3.66. The summed E-state index contributed by atoms with van der Waals surface area (Å²) >= 11 is 0. The van der Waals surface area contributed by atoms with E-state index in [0.717, 1.165) is 0 Å². The topological polar surface area (TPSA) is 109 Å². The summed E-state index contributed by atoms with van der Waals surface area (Å²) in [5.41, 5.74) is 0. The Kier molecular flexibility index (Phi) is 5.43. The first-order valence-electron chi connectivity index (χ1n) is 8.23. The first kappa shape index (κ1) is 18.9. The summed E-state index contributed by atoms with van der Waals surface area (Å²) in [5, 5.41) is 9.12. The van der Waals surface area contributed by atoms with Crippen LogP contribution in [0.4, 0.5) is 0 Å². The number of hydrogen-bond donors (Lipinski definition) is 1. The molecule has 1 N–H and O–H groups in total. The highest BCUT2D eigenvalue weighted by atomic mass is 16.7. The van der Waals surface area contributed by atoms with Crippen LogP contribution in [0.1, 0.15) is 24.5 Å². The maximum absolute atomic E-state index is 11.2. The van der Waals surface area contributed by atoms with E-state index in [2.05, 4.69) is 9.97 Å². The Morgan fingerprint density at radius 3 is 2.81 bits per heavy atom. The first-order chi connectivity index (χ1) is 12.9. The van der Waals surface area contributed by atoms with Gasteiger partial charge in [0.05, 0.1) is 19.9 Å². The van der Waals surface area contributed by atoms with Gasteiger partial charge in [0.25, 0.3) is 5.88 Å². The summed E-state index contributed by atoms with van der Waals surface area (Å²) in [4.78, 5) is 18.9. The quantitative estimate of drug-likeness (QED) is 0.779. The Hall–Kier alpha value is -2.91. The van der Waals surface area contributed by atoms with Gasteiger partial charge in [-0.3, -0.25) is 0 Å². The molecule has 27 heavy (non-hydrogen) atoms. The van der Waals surface area contributed by atoms with Crippen molar-refractivity contribution in [3.05, 3.63) is 36.3 Å². The number of rotatable bonds is 7. The van der Waals surface area contributed by atoms with Crippen LogP contribution in [0.15, 0.2) is 30.5 Å². The number of carboxylic acids is 1. The predicted octanol–water partition coefficient (Wildman–Crippen LogP) is 2.51. The molecule has 2 aromatic rings. The summed E-state index contributed by atoms with van der Waals surface area (Å²) in [6.07, 6.45) is 0.939. The zero-order valence-corrected chi connectivity index (χ0v) is 15.2. The van der Waals surface area contributed by atoms with Crippen LogP contribution in [0.2, 0.25) is 0 Å². The second-order valence-corrected chi connectivity index (χ2v) is 6.21. The van der Waals surface area contributed by atoms with Crippen LogP contribution in [0.3, 0.4) is 0 Å². The summed E-state index contributed by atoms with van der Waals surface area (Å²) in [6, 6.07) is 6.92. The van der Waals surface area contributed by atoms with Gasteiger partial charge in [0, 0.05) is 6.07 Å². The predicted molar refractivity (Wildman–Crippen MR) is 92.5 cm³/mol. The number of carboxylic acid groups (broad SMARTS) is 1. The molecule has 3 rings (SSSR count). The van der Waals surface area contributed by atoms with Gasteiger partial charge in [0.15, 0.2) is 5.79 Å². The van der Waals surface area contributed by atoms with Crippen LogP contribution in [0, 0.1) is 0 Å². The molecule has 144 valence electrons. The summed E-state index contributed by atoms with van der Waals surface area (Å²) < 4.78 is 27.7. The van der Waals surface area contributed by atoms with E-state index >= 15 is 0 Å². The Morgan fingerprint density at radius 2 is 2.15 bits per heavy atom.